The second-order valence-corrected chi connectivity index (χ2v) is 4.90. The lowest BCUT2D eigenvalue weighted by Crippen LogP contribution is -2.36. The fourth-order valence-electron chi connectivity index (χ4n) is 1.38. The van der Waals surface area contributed by atoms with Crippen molar-refractivity contribution in [2.75, 3.05) is 11.9 Å². The Labute approximate surface area is 108 Å². The predicted octanol–water partition coefficient (Wildman–Crippen LogP) is 0.801. The minimum Gasteiger partial charge on any atom is -0.481 e. The van der Waals surface area contributed by atoms with E-state index in [2.05, 4.69) is 25.4 Å². The van der Waals surface area contributed by atoms with Gasteiger partial charge < -0.3 is 10.4 Å². The number of anilines is 1. The molecule has 0 aliphatic heterocycles. The van der Waals surface area contributed by atoms with Crippen molar-refractivity contribution in [3.05, 3.63) is 0 Å². The molecule has 0 radical (unpaired) electrons. The second-order valence-electron chi connectivity index (χ2n) is 4.17. The molecule has 9 heteroatoms. The summed E-state index contributed by atoms with van der Waals surface area (Å²) >= 11 is 0.942. The van der Waals surface area contributed by atoms with Crippen molar-refractivity contribution in [1.29, 1.82) is 0 Å². The molecule has 0 aromatic carbocycles. The molecule has 1 atom stereocenters. The molecule has 1 unspecified atom stereocenters. The Hall–Kier alpha value is -1.77. The Bertz CT molecular complexity index is 395. The van der Waals surface area contributed by atoms with E-state index in [-0.39, 0.29) is 17.6 Å². The van der Waals surface area contributed by atoms with E-state index in [0.29, 0.717) is 6.42 Å². The first-order valence-electron chi connectivity index (χ1n) is 5.41. The number of hydrogen-bond donors (Lipinski definition) is 3. The van der Waals surface area contributed by atoms with Gasteiger partial charge in [0.25, 0.3) is 0 Å². The molecule has 1 aromatic rings. The van der Waals surface area contributed by atoms with Gasteiger partial charge in [-0.1, -0.05) is 23.4 Å². The highest BCUT2D eigenvalue weighted by molar-refractivity contribution is 7.09. The van der Waals surface area contributed by atoms with Crippen LogP contribution in [0.3, 0.4) is 0 Å². The maximum atomic E-state index is 11.4. The summed E-state index contributed by atoms with van der Waals surface area (Å²) in [6.07, 6.45) is 0.510. The summed E-state index contributed by atoms with van der Waals surface area (Å²) in [6.45, 7) is 3.94. The van der Waals surface area contributed by atoms with Crippen LogP contribution in [0.5, 0.6) is 0 Å². The highest BCUT2D eigenvalue weighted by atomic mass is 32.1. The van der Waals surface area contributed by atoms with Crippen LogP contribution in [0.2, 0.25) is 0 Å². The molecule has 0 spiro atoms. The van der Waals surface area contributed by atoms with Gasteiger partial charge in [-0.05, 0) is 17.6 Å². The Morgan fingerprint density at radius 2 is 2.17 bits per heavy atom. The van der Waals surface area contributed by atoms with Crippen molar-refractivity contribution in [2.24, 2.45) is 11.8 Å². The third kappa shape index (κ3) is 5.04. The molecule has 0 aliphatic rings. The van der Waals surface area contributed by atoms with Crippen molar-refractivity contribution in [3.8, 4) is 0 Å². The van der Waals surface area contributed by atoms with Crippen LogP contribution in [-0.2, 0) is 4.79 Å². The van der Waals surface area contributed by atoms with Gasteiger partial charge in [0.15, 0.2) is 0 Å². The lowest BCUT2D eigenvalue weighted by Gasteiger charge is -2.15. The van der Waals surface area contributed by atoms with Crippen LogP contribution in [0.4, 0.5) is 9.93 Å². The summed E-state index contributed by atoms with van der Waals surface area (Å²) in [4.78, 5) is 22.4. The SMILES string of the molecule is CC(C)CC(CNC(=O)Nc1nnns1)C(=O)O. The molecule has 18 heavy (non-hydrogen) atoms. The van der Waals surface area contributed by atoms with Gasteiger partial charge in [0.2, 0.25) is 5.13 Å². The first-order chi connectivity index (χ1) is 8.49. The number of nitrogens with one attached hydrogen (secondary N) is 2. The number of aromatic nitrogens is 3. The maximum absolute atomic E-state index is 11.4. The average Bonchev–Trinajstić information content (AvgIpc) is 2.76. The highest BCUT2D eigenvalue weighted by Crippen LogP contribution is 2.11. The molecule has 1 aromatic heterocycles. The van der Waals surface area contributed by atoms with Gasteiger partial charge in [0, 0.05) is 18.1 Å². The number of carboxylic acids is 1. The molecule has 2 amide bonds. The van der Waals surface area contributed by atoms with E-state index < -0.39 is 17.9 Å². The van der Waals surface area contributed by atoms with Gasteiger partial charge in [-0.3, -0.25) is 10.1 Å². The fourth-order valence-corrected chi connectivity index (χ4v) is 1.74. The van der Waals surface area contributed by atoms with Crippen molar-refractivity contribution in [2.45, 2.75) is 20.3 Å². The van der Waals surface area contributed by atoms with Gasteiger partial charge in [-0.2, -0.15) is 0 Å². The smallest absolute Gasteiger partial charge is 0.321 e. The minimum atomic E-state index is -0.915. The molecule has 0 bridgehead atoms. The fraction of sp³-hybridized carbons (Fsp3) is 0.667. The predicted molar refractivity (Wildman–Crippen MR) is 65.3 cm³/mol. The summed E-state index contributed by atoms with van der Waals surface area (Å²) in [6, 6.07) is -0.511. The second kappa shape index (κ2) is 6.84. The number of amides is 2. The quantitative estimate of drug-likeness (QED) is 0.705. The van der Waals surface area contributed by atoms with E-state index in [1.54, 1.807) is 0 Å². The summed E-state index contributed by atoms with van der Waals surface area (Å²) in [5.74, 6) is -1.26. The molecular formula is C9H15N5O3S. The van der Waals surface area contributed by atoms with Gasteiger partial charge in [0.1, 0.15) is 0 Å². The molecule has 3 N–H and O–H groups in total. The molecule has 0 saturated carbocycles. The first kappa shape index (κ1) is 14.3. The Balaban J connectivity index is 2.37. The van der Waals surface area contributed by atoms with Crippen molar-refractivity contribution >= 4 is 28.7 Å². The number of carboxylic acid groups (broad SMARTS) is 1. The van der Waals surface area contributed by atoms with E-state index in [0.717, 1.165) is 11.5 Å². The van der Waals surface area contributed by atoms with Crippen LogP contribution in [0.25, 0.3) is 0 Å². The summed E-state index contributed by atoms with van der Waals surface area (Å²) in [5.41, 5.74) is 0. The molecule has 1 heterocycles. The monoisotopic (exact) mass is 273 g/mol. The van der Waals surface area contributed by atoms with Crippen molar-refractivity contribution < 1.29 is 14.7 Å². The zero-order valence-electron chi connectivity index (χ0n) is 10.1. The topological polar surface area (TPSA) is 117 Å². The maximum Gasteiger partial charge on any atom is 0.321 e. The highest BCUT2D eigenvalue weighted by Gasteiger charge is 2.19. The van der Waals surface area contributed by atoms with Crippen LogP contribution >= 0.6 is 11.5 Å². The van der Waals surface area contributed by atoms with Crippen LogP contribution in [0.1, 0.15) is 20.3 Å². The zero-order valence-corrected chi connectivity index (χ0v) is 10.9. The normalized spacial score (nSPS) is 12.2. The van der Waals surface area contributed by atoms with Gasteiger partial charge >= 0.3 is 12.0 Å². The average molecular weight is 273 g/mol. The Kier molecular flexibility index (Phi) is 5.43. The number of rotatable bonds is 6. The summed E-state index contributed by atoms with van der Waals surface area (Å²) in [7, 11) is 0. The molecule has 8 nitrogen and oxygen atoms in total. The van der Waals surface area contributed by atoms with Crippen molar-refractivity contribution in [1.82, 2.24) is 20.1 Å². The standard InChI is InChI=1S/C9H15N5O3S/c1-5(2)3-6(7(15)16)4-10-8(17)11-9-12-13-14-18-9/h5-6H,3-4H2,1-2H3,(H,15,16)(H2,10,11,12,14,17). The lowest BCUT2D eigenvalue weighted by molar-refractivity contribution is -0.142. The number of aliphatic carboxylic acids is 1. The number of hydrogen-bond acceptors (Lipinski definition) is 6. The zero-order chi connectivity index (χ0) is 13.5. The van der Waals surface area contributed by atoms with Crippen LogP contribution < -0.4 is 10.6 Å². The molecule has 0 fully saturated rings. The summed E-state index contributed by atoms with van der Waals surface area (Å²) < 4.78 is 3.48. The van der Waals surface area contributed by atoms with Gasteiger partial charge in [-0.25, -0.2) is 4.79 Å². The Morgan fingerprint density at radius 1 is 1.44 bits per heavy atom. The largest absolute Gasteiger partial charge is 0.481 e. The third-order valence-corrected chi connectivity index (χ3v) is 2.65. The number of carbonyl (C=O) groups is 2. The van der Waals surface area contributed by atoms with E-state index in [1.165, 1.54) is 0 Å². The third-order valence-electron chi connectivity index (χ3n) is 2.13. The van der Waals surface area contributed by atoms with E-state index in [1.807, 2.05) is 13.8 Å². The molecule has 0 saturated heterocycles. The Morgan fingerprint density at radius 3 is 2.67 bits per heavy atom. The van der Waals surface area contributed by atoms with Crippen LogP contribution in [0, 0.1) is 11.8 Å². The molecular weight excluding hydrogens is 258 g/mol. The molecule has 0 aliphatic carbocycles. The van der Waals surface area contributed by atoms with Crippen LogP contribution in [-0.4, -0.2) is 38.5 Å². The number of urea groups is 1. The van der Waals surface area contributed by atoms with Crippen LogP contribution in [0.15, 0.2) is 0 Å². The summed E-state index contributed by atoms with van der Waals surface area (Å²) in [5, 5.41) is 21.0. The van der Waals surface area contributed by atoms with E-state index in [9.17, 15) is 9.59 Å². The molecule has 100 valence electrons. The van der Waals surface area contributed by atoms with Gasteiger partial charge in [-0.15, -0.1) is 0 Å². The lowest BCUT2D eigenvalue weighted by atomic mass is 9.97. The van der Waals surface area contributed by atoms with E-state index in [4.69, 9.17) is 5.11 Å². The van der Waals surface area contributed by atoms with Crippen molar-refractivity contribution in [3.63, 3.8) is 0 Å². The van der Waals surface area contributed by atoms with Gasteiger partial charge in [0.05, 0.1) is 5.92 Å². The first-order valence-corrected chi connectivity index (χ1v) is 6.19. The van der Waals surface area contributed by atoms with E-state index >= 15 is 0 Å². The molecule has 1 rings (SSSR count). The number of carbonyl (C=O) groups excluding carboxylic acids is 1. The minimum absolute atomic E-state index is 0.0750. The number of nitrogens with zero attached hydrogens (tertiary/aromatic N) is 3.